The fourth-order valence-corrected chi connectivity index (χ4v) is 3.26. The van der Waals surface area contributed by atoms with Gasteiger partial charge >= 0.3 is 6.18 Å². The molecule has 0 saturated carbocycles. The van der Waals surface area contributed by atoms with Crippen LogP contribution in [0.3, 0.4) is 0 Å². The van der Waals surface area contributed by atoms with Crippen molar-refractivity contribution >= 4 is 23.4 Å². The van der Waals surface area contributed by atoms with Crippen molar-refractivity contribution in [1.29, 1.82) is 0 Å². The smallest absolute Gasteiger partial charge is 0.322 e. The van der Waals surface area contributed by atoms with Gasteiger partial charge in [-0.25, -0.2) is 9.67 Å². The minimum absolute atomic E-state index is 0.133. The summed E-state index contributed by atoms with van der Waals surface area (Å²) in [6.45, 7) is 1.32. The number of alkyl halides is 3. The van der Waals surface area contributed by atoms with E-state index in [0.29, 0.717) is 0 Å². The van der Waals surface area contributed by atoms with Crippen molar-refractivity contribution in [2.45, 2.75) is 19.1 Å². The zero-order valence-corrected chi connectivity index (χ0v) is 15.9. The summed E-state index contributed by atoms with van der Waals surface area (Å²) in [6.07, 6.45) is -2.20. The molecule has 0 spiro atoms. The lowest BCUT2D eigenvalue weighted by Gasteiger charge is -2.22. The molecule has 0 unspecified atom stereocenters. The molecule has 11 heteroatoms. The zero-order chi connectivity index (χ0) is 22.3. The van der Waals surface area contributed by atoms with Crippen LogP contribution in [-0.2, 0) is 11.0 Å². The second-order valence-corrected chi connectivity index (χ2v) is 6.76. The Morgan fingerprint density at radius 3 is 2.26 bits per heavy atom. The lowest BCUT2D eigenvalue weighted by molar-refractivity contribution is -0.137. The maximum atomic E-state index is 13.2. The van der Waals surface area contributed by atoms with E-state index in [0.717, 1.165) is 23.1 Å². The van der Waals surface area contributed by atoms with Crippen molar-refractivity contribution < 1.29 is 27.6 Å². The fourth-order valence-electron chi connectivity index (χ4n) is 3.26. The van der Waals surface area contributed by atoms with Crippen LogP contribution in [0.2, 0.25) is 0 Å². The van der Waals surface area contributed by atoms with Crippen LogP contribution in [0.4, 0.5) is 18.9 Å². The minimum atomic E-state index is -4.64. The molecule has 1 aliphatic rings. The van der Waals surface area contributed by atoms with E-state index < -0.39 is 35.5 Å². The number of nitrogens with one attached hydrogen (secondary N) is 1. The summed E-state index contributed by atoms with van der Waals surface area (Å²) in [5.74, 6) is -2.14. The average molecular weight is 429 g/mol. The molecule has 0 radical (unpaired) electrons. The number of imide groups is 1. The highest BCUT2D eigenvalue weighted by Crippen LogP contribution is 2.33. The molecular formula is C20H14F3N5O3. The molecule has 0 aliphatic carbocycles. The van der Waals surface area contributed by atoms with Gasteiger partial charge in [0.25, 0.3) is 11.8 Å². The van der Waals surface area contributed by atoms with E-state index in [2.05, 4.69) is 15.4 Å². The van der Waals surface area contributed by atoms with Crippen LogP contribution in [-0.4, -0.2) is 43.4 Å². The third kappa shape index (κ3) is 3.54. The molecule has 8 nitrogen and oxygen atoms in total. The van der Waals surface area contributed by atoms with Crippen molar-refractivity contribution in [2.24, 2.45) is 0 Å². The zero-order valence-electron chi connectivity index (χ0n) is 15.9. The van der Waals surface area contributed by atoms with Gasteiger partial charge in [0.05, 0.1) is 28.1 Å². The number of halogens is 3. The molecule has 1 aliphatic heterocycles. The van der Waals surface area contributed by atoms with Gasteiger partial charge in [0, 0.05) is 0 Å². The summed E-state index contributed by atoms with van der Waals surface area (Å²) in [7, 11) is 0. The SMILES string of the molecule is C[C@H](C(=O)Nc1cc(C(F)(F)F)ccc1-n1cncn1)N1C(=O)c2ccccc2C1=O. The maximum absolute atomic E-state index is 13.2. The van der Waals surface area contributed by atoms with Crippen LogP contribution in [0.15, 0.2) is 55.1 Å². The summed E-state index contributed by atoms with van der Waals surface area (Å²) < 4.78 is 40.8. The van der Waals surface area contributed by atoms with Crippen molar-refractivity contribution in [3.05, 3.63) is 71.8 Å². The Hall–Kier alpha value is -4.02. The maximum Gasteiger partial charge on any atom is 0.416 e. The standard InChI is InChI=1S/C20H14F3N5O3/c1-11(28-18(30)13-4-2-3-5-14(13)19(28)31)17(29)26-15-8-12(20(21,22)23)6-7-16(15)27-10-24-9-25-27/h2-11H,1H3,(H,26,29)/t11-/m1/s1. The topological polar surface area (TPSA) is 97.2 Å². The van der Waals surface area contributed by atoms with E-state index in [-0.39, 0.29) is 22.5 Å². The predicted molar refractivity (Wildman–Crippen MR) is 101 cm³/mol. The molecule has 31 heavy (non-hydrogen) atoms. The number of benzene rings is 2. The average Bonchev–Trinajstić information content (AvgIpc) is 3.35. The highest BCUT2D eigenvalue weighted by molar-refractivity contribution is 6.23. The summed E-state index contributed by atoms with van der Waals surface area (Å²) in [5.41, 5.74) is -0.730. The highest BCUT2D eigenvalue weighted by atomic mass is 19.4. The Morgan fingerprint density at radius 2 is 1.71 bits per heavy atom. The summed E-state index contributed by atoms with van der Waals surface area (Å²) in [4.78, 5) is 42.6. The van der Waals surface area contributed by atoms with Gasteiger partial charge in [0.15, 0.2) is 0 Å². The normalized spacial score (nSPS) is 14.5. The summed E-state index contributed by atoms with van der Waals surface area (Å²) in [5, 5.41) is 6.26. The lowest BCUT2D eigenvalue weighted by Crippen LogP contribution is -2.45. The number of amides is 3. The lowest BCUT2D eigenvalue weighted by atomic mass is 10.1. The van der Waals surface area contributed by atoms with Gasteiger partial charge in [-0.05, 0) is 37.3 Å². The van der Waals surface area contributed by atoms with E-state index in [1.807, 2.05) is 0 Å². The highest BCUT2D eigenvalue weighted by Gasteiger charge is 2.41. The molecule has 0 fully saturated rings. The molecule has 0 saturated heterocycles. The number of anilines is 1. The largest absolute Gasteiger partial charge is 0.416 e. The number of carbonyl (C=O) groups is 3. The number of fused-ring (bicyclic) bond motifs is 1. The molecule has 3 amide bonds. The molecule has 4 rings (SSSR count). The number of nitrogens with zero attached hydrogens (tertiary/aromatic N) is 4. The van der Waals surface area contributed by atoms with Crippen LogP contribution >= 0.6 is 0 Å². The van der Waals surface area contributed by atoms with Crippen LogP contribution < -0.4 is 5.32 Å². The molecule has 158 valence electrons. The third-order valence-electron chi connectivity index (χ3n) is 4.84. The van der Waals surface area contributed by atoms with Gasteiger partial charge in [-0.1, -0.05) is 12.1 Å². The molecule has 0 bridgehead atoms. The number of rotatable bonds is 4. The van der Waals surface area contributed by atoms with E-state index in [4.69, 9.17) is 0 Å². The number of carbonyl (C=O) groups excluding carboxylic acids is 3. The van der Waals surface area contributed by atoms with E-state index in [9.17, 15) is 27.6 Å². The quantitative estimate of drug-likeness (QED) is 0.644. The van der Waals surface area contributed by atoms with Gasteiger partial charge in [-0.15, -0.1) is 0 Å². The van der Waals surface area contributed by atoms with Crippen LogP contribution in [0.1, 0.15) is 33.2 Å². The Labute approximate surface area is 173 Å². The van der Waals surface area contributed by atoms with E-state index in [1.165, 1.54) is 36.4 Å². The molecule has 2 aromatic carbocycles. The first-order valence-electron chi connectivity index (χ1n) is 9.02. The number of hydrogen-bond donors (Lipinski definition) is 1. The van der Waals surface area contributed by atoms with Crippen LogP contribution in [0, 0.1) is 0 Å². The van der Waals surface area contributed by atoms with Gasteiger partial charge in [0.1, 0.15) is 18.7 Å². The van der Waals surface area contributed by atoms with Crippen LogP contribution in [0.5, 0.6) is 0 Å². The van der Waals surface area contributed by atoms with Crippen molar-refractivity contribution in [2.75, 3.05) is 5.32 Å². The molecule has 1 aromatic heterocycles. The van der Waals surface area contributed by atoms with Gasteiger partial charge < -0.3 is 5.32 Å². The fraction of sp³-hybridized carbons (Fsp3) is 0.150. The first kappa shape index (κ1) is 20.3. The number of hydrogen-bond acceptors (Lipinski definition) is 5. The second-order valence-electron chi connectivity index (χ2n) is 6.76. The van der Waals surface area contributed by atoms with Gasteiger partial charge in [-0.2, -0.15) is 18.3 Å². The van der Waals surface area contributed by atoms with Crippen LogP contribution in [0.25, 0.3) is 5.69 Å². The summed E-state index contributed by atoms with van der Waals surface area (Å²) >= 11 is 0. The monoisotopic (exact) mass is 429 g/mol. The predicted octanol–water partition coefficient (Wildman–Crippen LogP) is 2.91. The molecule has 2 heterocycles. The van der Waals surface area contributed by atoms with Gasteiger partial charge in [-0.3, -0.25) is 19.3 Å². The Bertz CT molecular complexity index is 1160. The Kier molecular flexibility index (Phi) is 4.80. The van der Waals surface area contributed by atoms with E-state index in [1.54, 1.807) is 12.1 Å². The summed E-state index contributed by atoms with van der Waals surface area (Å²) in [6, 6.07) is 7.58. The molecule has 1 atom stereocenters. The first-order valence-corrected chi connectivity index (χ1v) is 9.02. The first-order chi connectivity index (χ1) is 14.7. The second kappa shape index (κ2) is 7.35. The number of aromatic nitrogens is 3. The molecular weight excluding hydrogens is 415 g/mol. The van der Waals surface area contributed by atoms with Crippen molar-refractivity contribution in [1.82, 2.24) is 19.7 Å². The van der Waals surface area contributed by atoms with Crippen molar-refractivity contribution in [3.63, 3.8) is 0 Å². The van der Waals surface area contributed by atoms with E-state index >= 15 is 0 Å². The Balaban J connectivity index is 1.65. The molecule has 1 N–H and O–H groups in total. The van der Waals surface area contributed by atoms with Gasteiger partial charge in [0.2, 0.25) is 5.91 Å². The minimum Gasteiger partial charge on any atom is -0.322 e. The van der Waals surface area contributed by atoms with Crippen molar-refractivity contribution in [3.8, 4) is 5.69 Å². The third-order valence-corrected chi connectivity index (χ3v) is 4.84. The Morgan fingerprint density at radius 1 is 1.06 bits per heavy atom. The molecule has 3 aromatic rings.